The minimum Gasteiger partial charge on any atom is -0.459 e. The third-order valence-corrected chi connectivity index (χ3v) is 2.95. The summed E-state index contributed by atoms with van der Waals surface area (Å²) in [7, 11) is 0. The molecule has 2 unspecified atom stereocenters. The fraction of sp³-hybridized carbons (Fsp3) is 0.857. The van der Waals surface area contributed by atoms with Crippen LogP contribution in [0, 0.1) is 5.92 Å². The molecule has 4 heteroatoms. The Kier molecular flexibility index (Phi) is 5.32. The summed E-state index contributed by atoms with van der Waals surface area (Å²) in [5, 5.41) is 0. The number of carbonyl (C=O) groups is 2. The molecule has 1 rings (SSSR count). The molecule has 0 N–H and O–H groups in total. The van der Waals surface area contributed by atoms with E-state index in [0.29, 0.717) is 6.42 Å². The topological polar surface area (TPSA) is 52.6 Å². The van der Waals surface area contributed by atoms with Crippen LogP contribution in [0.5, 0.6) is 0 Å². The highest BCUT2D eigenvalue weighted by molar-refractivity contribution is 5.98. The predicted octanol–water partition coefficient (Wildman–Crippen LogP) is 2.49. The number of esters is 1. The van der Waals surface area contributed by atoms with Gasteiger partial charge < -0.3 is 9.47 Å². The van der Waals surface area contributed by atoms with E-state index >= 15 is 0 Å². The second-order valence-corrected chi connectivity index (χ2v) is 5.91. The van der Waals surface area contributed by atoms with E-state index in [1.54, 1.807) is 27.7 Å². The first-order chi connectivity index (χ1) is 8.29. The molecule has 0 aliphatic carbocycles. The molecule has 104 valence electrons. The van der Waals surface area contributed by atoms with Crippen molar-refractivity contribution in [3.05, 3.63) is 0 Å². The van der Waals surface area contributed by atoms with Crippen LogP contribution in [0.15, 0.2) is 0 Å². The molecule has 0 spiro atoms. The monoisotopic (exact) mass is 256 g/mol. The highest BCUT2D eigenvalue weighted by Gasteiger charge is 2.29. The van der Waals surface area contributed by atoms with Crippen molar-refractivity contribution in [2.45, 2.75) is 65.1 Å². The lowest BCUT2D eigenvalue weighted by Crippen LogP contribution is -2.33. The van der Waals surface area contributed by atoms with Crippen LogP contribution >= 0.6 is 0 Å². The average Bonchev–Trinajstić information content (AvgIpc) is 2.27. The van der Waals surface area contributed by atoms with Crippen LogP contribution in [0.25, 0.3) is 0 Å². The second kappa shape index (κ2) is 6.32. The van der Waals surface area contributed by atoms with E-state index in [1.165, 1.54) is 0 Å². The third kappa shape index (κ3) is 5.17. The lowest BCUT2D eigenvalue weighted by molar-refractivity contribution is -0.161. The number of ether oxygens (including phenoxy) is 2. The van der Waals surface area contributed by atoms with Crippen LogP contribution < -0.4 is 0 Å². The molecule has 1 fully saturated rings. The Morgan fingerprint density at radius 2 is 2.00 bits per heavy atom. The highest BCUT2D eigenvalue weighted by atomic mass is 16.6. The van der Waals surface area contributed by atoms with Gasteiger partial charge in [-0.2, -0.15) is 0 Å². The van der Waals surface area contributed by atoms with Crippen molar-refractivity contribution in [1.29, 1.82) is 0 Å². The molecule has 0 bridgehead atoms. The van der Waals surface area contributed by atoms with Gasteiger partial charge in [0.25, 0.3) is 0 Å². The van der Waals surface area contributed by atoms with Gasteiger partial charge in [0, 0.05) is 13.0 Å². The first kappa shape index (κ1) is 15.2. The minimum atomic E-state index is -0.699. The van der Waals surface area contributed by atoms with Crippen molar-refractivity contribution in [1.82, 2.24) is 0 Å². The first-order valence-electron chi connectivity index (χ1n) is 6.67. The highest BCUT2D eigenvalue weighted by Crippen LogP contribution is 2.19. The summed E-state index contributed by atoms with van der Waals surface area (Å²) < 4.78 is 10.7. The molecule has 0 aromatic rings. The number of hydrogen-bond acceptors (Lipinski definition) is 4. The lowest BCUT2D eigenvalue weighted by atomic mass is 9.97. The Labute approximate surface area is 109 Å². The van der Waals surface area contributed by atoms with Crippen LogP contribution in [-0.4, -0.2) is 30.1 Å². The van der Waals surface area contributed by atoms with Crippen LogP contribution in [0.1, 0.15) is 53.4 Å². The maximum atomic E-state index is 12.0. The summed E-state index contributed by atoms with van der Waals surface area (Å²) in [5.41, 5.74) is -0.549. The number of Topliss-reactive ketones (excluding diaryl/α,β-unsaturated/α-hetero) is 1. The lowest BCUT2D eigenvalue weighted by Gasteiger charge is -2.24. The standard InChI is InChI=1S/C14H24O4/c1-10(13(16)18-14(2,3)4)12(15)9-11-7-5-6-8-17-11/h10-11H,5-9H2,1-4H3. The van der Waals surface area contributed by atoms with Gasteiger partial charge in [0.1, 0.15) is 17.3 Å². The van der Waals surface area contributed by atoms with Gasteiger partial charge in [-0.25, -0.2) is 0 Å². The predicted molar refractivity (Wildman–Crippen MR) is 68.2 cm³/mol. The Morgan fingerprint density at radius 3 is 2.50 bits per heavy atom. The van der Waals surface area contributed by atoms with Crippen molar-refractivity contribution in [3.63, 3.8) is 0 Å². The number of ketones is 1. The quantitative estimate of drug-likeness (QED) is 0.573. The van der Waals surface area contributed by atoms with E-state index in [0.717, 1.165) is 25.9 Å². The molecule has 4 nitrogen and oxygen atoms in total. The molecule has 0 aromatic heterocycles. The summed E-state index contributed by atoms with van der Waals surface area (Å²) in [5.74, 6) is -1.23. The Balaban J connectivity index is 2.42. The molecule has 0 aromatic carbocycles. The van der Waals surface area contributed by atoms with E-state index in [9.17, 15) is 9.59 Å². The maximum absolute atomic E-state index is 12.0. The molecular formula is C14H24O4. The van der Waals surface area contributed by atoms with E-state index in [-0.39, 0.29) is 11.9 Å². The third-order valence-electron chi connectivity index (χ3n) is 2.95. The molecule has 0 radical (unpaired) electrons. The van der Waals surface area contributed by atoms with Crippen molar-refractivity contribution in [2.24, 2.45) is 5.92 Å². The molecule has 18 heavy (non-hydrogen) atoms. The van der Waals surface area contributed by atoms with E-state index in [2.05, 4.69) is 0 Å². The summed E-state index contributed by atoms with van der Waals surface area (Å²) >= 11 is 0. The Hall–Kier alpha value is -0.900. The molecule has 1 aliphatic heterocycles. The number of carbonyl (C=O) groups excluding carboxylic acids is 2. The van der Waals surface area contributed by atoms with E-state index in [4.69, 9.17) is 9.47 Å². The molecule has 1 heterocycles. The van der Waals surface area contributed by atoms with Crippen molar-refractivity contribution < 1.29 is 19.1 Å². The normalized spacial score (nSPS) is 22.3. The molecule has 1 aliphatic rings. The Morgan fingerprint density at radius 1 is 1.33 bits per heavy atom. The van der Waals surface area contributed by atoms with Crippen LogP contribution in [-0.2, 0) is 19.1 Å². The molecule has 2 atom stereocenters. The van der Waals surface area contributed by atoms with Gasteiger partial charge in [-0.1, -0.05) is 0 Å². The van der Waals surface area contributed by atoms with Gasteiger partial charge in [-0.3, -0.25) is 9.59 Å². The molecule has 1 saturated heterocycles. The van der Waals surface area contributed by atoms with Gasteiger partial charge in [0.05, 0.1) is 6.10 Å². The first-order valence-corrected chi connectivity index (χ1v) is 6.67. The zero-order valence-corrected chi connectivity index (χ0v) is 11.8. The zero-order chi connectivity index (χ0) is 13.8. The fourth-order valence-corrected chi connectivity index (χ4v) is 1.89. The SMILES string of the molecule is CC(C(=O)CC1CCCCO1)C(=O)OC(C)(C)C. The van der Waals surface area contributed by atoms with Crippen molar-refractivity contribution in [2.75, 3.05) is 6.61 Å². The summed E-state index contributed by atoms with van der Waals surface area (Å²) in [6, 6.07) is 0. The van der Waals surface area contributed by atoms with Gasteiger partial charge in [-0.15, -0.1) is 0 Å². The summed E-state index contributed by atoms with van der Waals surface area (Å²) in [6.07, 6.45) is 3.37. The van der Waals surface area contributed by atoms with Crippen LogP contribution in [0.2, 0.25) is 0 Å². The average molecular weight is 256 g/mol. The van der Waals surface area contributed by atoms with Crippen LogP contribution in [0.4, 0.5) is 0 Å². The van der Waals surface area contributed by atoms with Gasteiger partial charge in [-0.05, 0) is 47.0 Å². The van der Waals surface area contributed by atoms with Gasteiger partial charge >= 0.3 is 5.97 Å². The van der Waals surface area contributed by atoms with Gasteiger partial charge in [0.2, 0.25) is 0 Å². The largest absolute Gasteiger partial charge is 0.459 e. The molecule has 0 amide bonds. The van der Waals surface area contributed by atoms with Gasteiger partial charge in [0.15, 0.2) is 0 Å². The zero-order valence-electron chi connectivity index (χ0n) is 11.8. The smallest absolute Gasteiger partial charge is 0.316 e. The van der Waals surface area contributed by atoms with Crippen molar-refractivity contribution in [3.8, 4) is 0 Å². The van der Waals surface area contributed by atoms with Crippen LogP contribution in [0.3, 0.4) is 0 Å². The second-order valence-electron chi connectivity index (χ2n) is 5.91. The molecule has 0 saturated carbocycles. The number of rotatable bonds is 4. The Bertz CT molecular complexity index is 297. The van der Waals surface area contributed by atoms with Crippen molar-refractivity contribution >= 4 is 11.8 Å². The maximum Gasteiger partial charge on any atom is 0.316 e. The van der Waals surface area contributed by atoms with E-state index < -0.39 is 17.5 Å². The molecular weight excluding hydrogens is 232 g/mol. The number of hydrogen-bond donors (Lipinski definition) is 0. The van der Waals surface area contributed by atoms with E-state index in [1.807, 2.05) is 0 Å². The minimum absolute atomic E-state index is 0.0175. The fourth-order valence-electron chi connectivity index (χ4n) is 1.89. The summed E-state index contributed by atoms with van der Waals surface area (Å²) in [4.78, 5) is 23.7. The summed E-state index contributed by atoms with van der Waals surface area (Å²) in [6.45, 7) is 7.73.